The summed E-state index contributed by atoms with van der Waals surface area (Å²) in [7, 11) is 0. The summed E-state index contributed by atoms with van der Waals surface area (Å²) >= 11 is 0. The molecule has 0 bridgehead atoms. The van der Waals surface area contributed by atoms with Gasteiger partial charge < -0.3 is 54.0 Å². The Bertz CT molecular complexity index is 998. The molecule has 0 aromatic heterocycles. The lowest BCUT2D eigenvalue weighted by Gasteiger charge is -2.35. The lowest BCUT2D eigenvalue weighted by atomic mass is 10.0. The smallest absolute Gasteiger partial charge is 0.407 e. The molecule has 1 atom stereocenters. The highest BCUT2D eigenvalue weighted by atomic mass is 16.7. The van der Waals surface area contributed by atoms with E-state index in [1.165, 1.54) is 0 Å². The van der Waals surface area contributed by atoms with Crippen LogP contribution in [-0.4, -0.2) is 108 Å². The Morgan fingerprint density at radius 2 is 1.04 bits per heavy atom. The van der Waals surface area contributed by atoms with Gasteiger partial charge in [0, 0.05) is 32.6 Å². The number of piperidine rings is 1. The minimum atomic E-state index is -0.470. The maximum absolute atomic E-state index is 13.0. The van der Waals surface area contributed by atoms with Gasteiger partial charge in [0.2, 0.25) is 5.91 Å². The van der Waals surface area contributed by atoms with Crippen molar-refractivity contribution in [3.63, 3.8) is 0 Å². The SMILES string of the molecule is C=C(C)OCOCCOC(=O)NCCCCCCCNC(=O)OCC1CCCCN1C(=O)CCCCCCCNC(=O)OCCOCOC(=C)C. The molecule has 1 fully saturated rings. The fraction of sp³-hybridized carbons (Fsp3) is 0.778. The number of unbranched alkanes of at least 4 members (excludes halogenated alkanes) is 8. The van der Waals surface area contributed by atoms with Crippen LogP contribution >= 0.6 is 0 Å². The van der Waals surface area contributed by atoms with Crippen molar-refractivity contribution in [1.82, 2.24) is 20.9 Å². The third-order valence-electron chi connectivity index (χ3n) is 7.78. The summed E-state index contributed by atoms with van der Waals surface area (Å²) in [5, 5.41) is 8.24. The number of alkyl carbamates (subject to hydrolysis) is 3. The molecule has 1 aliphatic rings. The Labute approximate surface area is 304 Å². The van der Waals surface area contributed by atoms with E-state index < -0.39 is 18.3 Å². The summed E-state index contributed by atoms with van der Waals surface area (Å²) in [6, 6.07) is -0.0837. The topological polar surface area (TPSA) is 172 Å². The Hall–Kier alpha value is -3.72. The monoisotopic (exact) mass is 728 g/mol. The number of amides is 4. The molecule has 1 saturated heterocycles. The zero-order chi connectivity index (χ0) is 37.4. The molecule has 1 unspecified atom stereocenters. The van der Waals surface area contributed by atoms with E-state index in [9.17, 15) is 19.2 Å². The summed E-state index contributed by atoms with van der Waals surface area (Å²) < 4.78 is 35.9. The number of carbonyl (C=O) groups is 4. The lowest BCUT2D eigenvalue weighted by molar-refractivity contribution is -0.136. The molecule has 15 heteroatoms. The van der Waals surface area contributed by atoms with Crippen LogP contribution in [0.25, 0.3) is 0 Å². The fourth-order valence-electron chi connectivity index (χ4n) is 5.04. The second kappa shape index (κ2) is 31.1. The van der Waals surface area contributed by atoms with Crippen molar-refractivity contribution in [2.45, 2.75) is 110 Å². The molecule has 0 aliphatic carbocycles. The van der Waals surface area contributed by atoms with Crippen molar-refractivity contribution in [2.75, 3.05) is 72.8 Å². The average Bonchev–Trinajstić information content (AvgIpc) is 3.10. The molecule has 0 saturated carbocycles. The molecular formula is C36H64N4O11. The first-order valence-electron chi connectivity index (χ1n) is 18.4. The van der Waals surface area contributed by atoms with Gasteiger partial charge in [-0.25, -0.2) is 14.4 Å². The highest BCUT2D eigenvalue weighted by molar-refractivity contribution is 5.76. The summed E-state index contributed by atoms with van der Waals surface area (Å²) in [6.07, 6.45) is 11.0. The molecule has 0 spiro atoms. The standard InChI is InChI=1S/C36H64N4O11/c1-30(2)50-28-45-23-25-47-34(42)37-19-13-8-5-7-11-18-33(41)40-22-16-12-17-32(40)27-49-36(44)39-21-15-10-6-9-14-20-38-35(43)48-26-24-46-29-51-31(3)4/h32H,1,3,5-29H2,2,4H3,(H,37,42)(H,38,43)(H,39,44). The number of rotatable bonds is 30. The van der Waals surface area contributed by atoms with Gasteiger partial charge in [0.15, 0.2) is 13.6 Å². The zero-order valence-electron chi connectivity index (χ0n) is 31.1. The highest BCUT2D eigenvalue weighted by Crippen LogP contribution is 2.19. The second-order valence-electron chi connectivity index (χ2n) is 12.4. The van der Waals surface area contributed by atoms with Crippen LogP contribution in [0.1, 0.15) is 104 Å². The molecule has 1 heterocycles. The number of hydrogen-bond donors (Lipinski definition) is 3. The van der Waals surface area contributed by atoms with Crippen LogP contribution in [0.15, 0.2) is 24.7 Å². The first-order chi connectivity index (χ1) is 24.7. The van der Waals surface area contributed by atoms with Crippen LogP contribution in [0.3, 0.4) is 0 Å². The number of carbonyl (C=O) groups excluding carboxylic acids is 4. The molecule has 51 heavy (non-hydrogen) atoms. The third-order valence-corrected chi connectivity index (χ3v) is 7.78. The maximum Gasteiger partial charge on any atom is 0.407 e. The molecule has 1 rings (SSSR count). The number of likely N-dealkylation sites (tertiary alicyclic amines) is 1. The van der Waals surface area contributed by atoms with E-state index in [4.69, 9.17) is 33.2 Å². The number of allylic oxidation sites excluding steroid dienone is 2. The van der Waals surface area contributed by atoms with E-state index in [0.717, 1.165) is 83.5 Å². The molecule has 0 aromatic rings. The predicted molar refractivity (Wildman–Crippen MR) is 192 cm³/mol. The van der Waals surface area contributed by atoms with Gasteiger partial charge in [-0.1, -0.05) is 51.7 Å². The molecule has 294 valence electrons. The van der Waals surface area contributed by atoms with Crippen LogP contribution < -0.4 is 16.0 Å². The molecular weight excluding hydrogens is 664 g/mol. The van der Waals surface area contributed by atoms with E-state index >= 15 is 0 Å². The molecule has 15 nitrogen and oxygen atoms in total. The van der Waals surface area contributed by atoms with Crippen molar-refractivity contribution in [3.8, 4) is 0 Å². The van der Waals surface area contributed by atoms with Crippen molar-refractivity contribution in [2.24, 2.45) is 0 Å². The Morgan fingerprint density at radius 1 is 0.588 bits per heavy atom. The van der Waals surface area contributed by atoms with Gasteiger partial charge >= 0.3 is 18.3 Å². The minimum Gasteiger partial charge on any atom is -0.473 e. The Morgan fingerprint density at radius 3 is 1.53 bits per heavy atom. The van der Waals surface area contributed by atoms with Crippen LogP contribution in [-0.2, 0) is 38.0 Å². The average molecular weight is 729 g/mol. The zero-order valence-corrected chi connectivity index (χ0v) is 31.1. The van der Waals surface area contributed by atoms with Gasteiger partial charge in [0.25, 0.3) is 0 Å². The number of nitrogens with one attached hydrogen (secondary N) is 3. The van der Waals surface area contributed by atoms with Crippen LogP contribution in [0.4, 0.5) is 14.4 Å². The number of hydrogen-bond acceptors (Lipinski definition) is 11. The molecule has 0 radical (unpaired) electrons. The molecule has 4 amide bonds. The van der Waals surface area contributed by atoms with Crippen molar-refractivity contribution < 1.29 is 52.3 Å². The van der Waals surface area contributed by atoms with Crippen molar-refractivity contribution in [1.29, 1.82) is 0 Å². The Kier molecular flexibility index (Phi) is 27.6. The van der Waals surface area contributed by atoms with E-state index in [-0.39, 0.29) is 58.6 Å². The summed E-state index contributed by atoms with van der Waals surface area (Å²) in [4.78, 5) is 50.5. The van der Waals surface area contributed by atoms with Gasteiger partial charge in [-0.2, -0.15) is 0 Å². The van der Waals surface area contributed by atoms with E-state index in [2.05, 4.69) is 29.1 Å². The second-order valence-corrected chi connectivity index (χ2v) is 12.4. The van der Waals surface area contributed by atoms with E-state index in [0.29, 0.717) is 44.1 Å². The van der Waals surface area contributed by atoms with Crippen LogP contribution in [0, 0.1) is 0 Å². The predicted octanol–water partition coefficient (Wildman–Crippen LogP) is 5.89. The largest absolute Gasteiger partial charge is 0.473 e. The van der Waals surface area contributed by atoms with E-state index in [1.54, 1.807) is 13.8 Å². The lowest BCUT2D eigenvalue weighted by Crippen LogP contribution is -2.46. The summed E-state index contributed by atoms with van der Waals surface area (Å²) in [6.45, 7) is 14.1. The van der Waals surface area contributed by atoms with Crippen molar-refractivity contribution >= 4 is 24.2 Å². The molecule has 0 aromatic carbocycles. The maximum atomic E-state index is 13.0. The van der Waals surface area contributed by atoms with Gasteiger partial charge in [0.05, 0.1) is 30.8 Å². The fourth-order valence-corrected chi connectivity index (χ4v) is 5.04. The van der Waals surface area contributed by atoms with Crippen LogP contribution in [0.2, 0.25) is 0 Å². The Balaban J connectivity index is 2.01. The molecule has 3 N–H and O–H groups in total. The van der Waals surface area contributed by atoms with Gasteiger partial charge in [-0.15, -0.1) is 0 Å². The van der Waals surface area contributed by atoms with Gasteiger partial charge in [-0.3, -0.25) is 4.79 Å². The third kappa shape index (κ3) is 27.7. The minimum absolute atomic E-state index is 0.0809. The summed E-state index contributed by atoms with van der Waals surface area (Å²) in [5.74, 6) is 1.24. The van der Waals surface area contributed by atoms with Gasteiger partial charge in [-0.05, 0) is 58.8 Å². The first-order valence-corrected chi connectivity index (χ1v) is 18.4. The summed E-state index contributed by atoms with van der Waals surface area (Å²) in [5.41, 5.74) is 0. The normalized spacial score (nSPS) is 13.8. The highest BCUT2D eigenvalue weighted by Gasteiger charge is 2.27. The number of ether oxygens (including phenoxy) is 7. The van der Waals surface area contributed by atoms with Crippen molar-refractivity contribution in [3.05, 3.63) is 24.7 Å². The molecule has 1 aliphatic heterocycles. The van der Waals surface area contributed by atoms with Crippen LogP contribution in [0.5, 0.6) is 0 Å². The number of nitrogens with zero attached hydrogens (tertiary/aromatic N) is 1. The van der Waals surface area contributed by atoms with E-state index in [1.807, 2.05) is 4.90 Å². The van der Waals surface area contributed by atoms with Gasteiger partial charge in [0.1, 0.15) is 19.8 Å². The first kappa shape index (κ1) is 45.3. The quantitative estimate of drug-likeness (QED) is 0.0349.